The number of hydrogen-bond donors (Lipinski definition) is 1. The van der Waals surface area contributed by atoms with Crippen LogP contribution in [0.2, 0.25) is 0 Å². The molecule has 0 aromatic heterocycles. The van der Waals surface area contributed by atoms with Crippen molar-refractivity contribution in [3.8, 4) is 6.26 Å². The van der Waals surface area contributed by atoms with Crippen LogP contribution in [0.25, 0.3) is 0 Å². The SMILES string of the molecule is C=CC(=O)OC#N.CC(=O)O. The van der Waals surface area contributed by atoms with E-state index < -0.39 is 11.9 Å². The minimum absolute atomic E-state index is 0.720. The van der Waals surface area contributed by atoms with Crippen molar-refractivity contribution in [1.29, 1.82) is 5.26 Å². The summed E-state index contributed by atoms with van der Waals surface area (Å²) in [7, 11) is 0. The van der Waals surface area contributed by atoms with Crippen LogP contribution in [0.15, 0.2) is 12.7 Å². The molecule has 0 saturated carbocycles. The molecule has 0 rings (SSSR count). The van der Waals surface area contributed by atoms with Crippen LogP contribution in [0.5, 0.6) is 0 Å². The Hall–Kier alpha value is -1.83. The second-order valence-electron chi connectivity index (χ2n) is 1.24. The maximum atomic E-state index is 9.85. The number of carboxylic acid groups (broad SMARTS) is 1. The maximum absolute atomic E-state index is 9.85. The van der Waals surface area contributed by atoms with Crippen molar-refractivity contribution in [2.45, 2.75) is 6.92 Å². The van der Waals surface area contributed by atoms with E-state index in [0.29, 0.717) is 0 Å². The molecule has 0 aromatic carbocycles. The molecule has 0 bridgehead atoms. The van der Waals surface area contributed by atoms with Gasteiger partial charge in [0.15, 0.2) is 0 Å². The number of nitriles is 1. The van der Waals surface area contributed by atoms with Gasteiger partial charge in [0, 0.05) is 13.0 Å². The number of esters is 1. The van der Waals surface area contributed by atoms with Gasteiger partial charge in [-0.25, -0.2) is 4.79 Å². The number of aliphatic carboxylic acids is 1. The van der Waals surface area contributed by atoms with Crippen molar-refractivity contribution in [2.75, 3.05) is 0 Å². The van der Waals surface area contributed by atoms with E-state index in [4.69, 9.17) is 15.2 Å². The van der Waals surface area contributed by atoms with Crippen LogP contribution in [0.1, 0.15) is 6.92 Å². The van der Waals surface area contributed by atoms with Gasteiger partial charge in [0.25, 0.3) is 12.2 Å². The fraction of sp³-hybridized carbons (Fsp3) is 0.167. The van der Waals surface area contributed by atoms with Gasteiger partial charge in [-0.15, -0.1) is 5.26 Å². The Kier molecular flexibility index (Phi) is 8.84. The second kappa shape index (κ2) is 8.17. The Balaban J connectivity index is 0. The first kappa shape index (κ1) is 11.9. The molecule has 0 fully saturated rings. The van der Waals surface area contributed by atoms with Crippen molar-refractivity contribution < 1.29 is 19.4 Å². The Labute approximate surface area is 63.5 Å². The summed E-state index contributed by atoms with van der Waals surface area (Å²) < 4.78 is 3.74. The van der Waals surface area contributed by atoms with Gasteiger partial charge in [0.05, 0.1) is 0 Å². The molecular weight excluding hydrogens is 150 g/mol. The molecule has 0 atom stereocenters. The van der Waals surface area contributed by atoms with Crippen molar-refractivity contribution in [3.05, 3.63) is 12.7 Å². The number of nitrogens with zero attached hydrogens (tertiary/aromatic N) is 1. The van der Waals surface area contributed by atoms with Crippen LogP contribution in [-0.4, -0.2) is 17.0 Å². The lowest BCUT2D eigenvalue weighted by molar-refractivity contribution is -0.134. The standard InChI is InChI=1S/C4H3NO2.C2H4O2/c1-2-4(6)7-3-5;1-2(3)4/h2H,1H2;1H3,(H,3,4). The third-order valence-corrected chi connectivity index (χ3v) is 0.313. The number of carboxylic acids is 1. The Morgan fingerprint density at radius 2 is 2.09 bits per heavy atom. The molecule has 0 amide bonds. The molecule has 11 heavy (non-hydrogen) atoms. The van der Waals surface area contributed by atoms with Crippen molar-refractivity contribution in [1.82, 2.24) is 0 Å². The number of carbonyl (C=O) groups excluding carboxylic acids is 1. The highest BCUT2D eigenvalue weighted by Crippen LogP contribution is 1.71. The Morgan fingerprint density at radius 3 is 2.18 bits per heavy atom. The first-order chi connectivity index (χ1) is 5.04. The van der Waals surface area contributed by atoms with E-state index >= 15 is 0 Å². The molecule has 0 radical (unpaired) electrons. The average Bonchev–Trinajstić information content (AvgIpc) is 1.87. The van der Waals surface area contributed by atoms with Gasteiger partial charge in [0.2, 0.25) is 0 Å². The molecule has 0 aromatic rings. The summed E-state index contributed by atoms with van der Waals surface area (Å²) >= 11 is 0. The first-order valence-electron chi connectivity index (χ1n) is 2.46. The molecule has 0 unspecified atom stereocenters. The highest BCUT2D eigenvalue weighted by atomic mass is 16.5. The molecule has 5 nitrogen and oxygen atoms in total. The van der Waals surface area contributed by atoms with Gasteiger partial charge in [-0.3, -0.25) is 4.79 Å². The van der Waals surface area contributed by atoms with Gasteiger partial charge in [-0.1, -0.05) is 6.58 Å². The maximum Gasteiger partial charge on any atom is 0.345 e. The second-order valence-corrected chi connectivity index (χ2v) is 1.24. The van der Waals surface area contributed by atoms with Crippen LogP contribution < -0.4 is 0 Å². The molecule has 0 spiro atoms. The molecule has 0 heterocycles. The van der Waals surface area contributed by atoms with Crippen molar-refractivity contribution >= 4 is 11.9 Å². The quantitative estimate of drug-likeness (QED) is 0.335. The summed E-state index contributed by atoms with van der Waals surface area (Å²) in [4.78, 5) is 18.8. The van der Waals surface area contributed by atoms with E-state index in [1.165, 1.54) is 6.26 Å². The van der Waals surface area contributed by atoms with Crippen LogP contribution in [0, 0.1) is 11.5 Å². The summed E-state index contributed by atoms with van der Waals surface area (Å²) in [6.45, 7) is 4.14. The molecule has 5 heteroatoms. The number of ether oxygens (including phenoxy) is 1. The summed E-state index contributed by atoms with van der Waals surface area (Å²) in [5.41, 5.74) is 0. The Morgan fingerprint density at radius 1 is 1.73 bits per heavy atom. The van der Waals surface area contributed by atoms with Gasteiger partial charge >= 0.3 is 5.97 Å². The largest absolute Gasteiger partial charge is 0.481 e. The lowest BCUT2D eigenvalue weighted by Crippen LogP contribution is -1.91. The average molecular weight is 157 g/mol. The number of rotatable bonds is 1. The third kappa shape index (κ3) is 31.0. The highest BCUT2D eigenvalue weighted by molar-refractivity contribution is 5.81. The van der Waals surface area contributed by atoms with Gasteiger partial charge in [-0.05, 0) is 0 Å². The zero-order valence-electron chi connectivity index (χ0n) is 5.90. The summed E-state index contributed by atoms with van der Waals surface area (Å²) in [6.07, 6.45) is 2.12. The minimum Gasteiger partial charge on any atom is -0.481 e. The van der Waals surface area contributed by atoms with Crippen molar-refractivity contribution in [2.24, 2.45) is 0 Å². The molecular formula is C6H7NO4. The topological polar surface area (TPSA) is 87.4 Å². The molecule has 0 aliphatic carbocycles. The lowest BCUT2D eigenvalue weighted by Gasteiger charge is -1.77. The molecule has 1 N–H and O–H groups in total. The predicted molar refractivity (Wildman–Crippen MR) is 35.2 cm³/mol. The molecule has 0 saturated heterocycles. The lowest BCUT2D eigenvalue weighted by atomic mass is 10.7. The van der Waals surface area contributed by atoms with Gasteiger partial charge < -0.3 is 9.84 Å². The smallest absolute Gasteiger partial charge is 0.345 e. The van der Waals surface area contributed by atoms with Crippen molar-refractivity contribution in [3.63, 3.8) is 0 Å². The van der Waals surface area contributed by atoms with Crippen LogP contribution in [0.3, 0.4) is 0 Å². The monoisotopic (exact) mass is 157 g/mol. The van der Waals surface area contributed by atoms with Gasteiger partial charge in [-0.2, -0.15) is 0 Å². The van der Waals surface area contributed by atoms with Gasteiger partial charge in [0.1, 0.15) is 0 Å². The normalized spacial score (nSPS) is 6.18. The molecule has 60 valence electrons. The minimum atomic E-state index is -0.833. The summed E-state index contributed by atoms with van der Waals surface area (Å²) in [5, 5.41) is 15.0. The van der Waals surface area contributed by atoms with E-state index in [-0.39, 0.29) is 0 Å². The summed E-state index contributed by atoms with van der Waals surface area (Å²) in [5.74, 6) is -1.55. The molecule has 0 aliphatic heterocycles. The highest BCUT2D eigenvalue weighted by Gasteiger charge is 1.87. The first-order valence-corrected chi connectivity index (χ1v) is 2.46. The van der Waals surface area contributed by atoms with Crippen LogP contribution >= 0.6 is 0 Å². The third-order valence-electron chi connectivity index (χ3n) is 0.313. The van der Waals surface area contributed by atoms with Crippen LogP contribution in [-0.2, 0) is 14.3 Å². The number of hydrogen-bond acceptors (Lipinski definition) is 4. The number of carbonyl (C=O) groups is 2. The van der Waals surface area contributed by atoms with E-state index in [1.54, 1.807) is 0 Å². The Bertz CT molecular complexity index is 187. The zero-order chi connectivity index (χ0) is 9.28. The van der Waals surface area contributed by atoms with E-state index in [2.05, 4.69) is 11.3 Å². The van der Waals surface area contributed by atoms with E-state index in [1.807, 2.05) is 0 Å². The van der Waals surface area contributed by atoms with Crippen LogP contribution in [0.4, 0.5) is 0 Å². The van der Waals surface area contributed by atoms with E-state index in [0.717, 1.165) is 13.0 Å². The fourth-order valence-corrected chi connectivity index (χ4v) is 0.0867. The zero-order valence-corrected chi connectivity index (χ0v) is 5.90. The fourth-order valence-electron chi connectivity index (χ4n) is 0.0867. The predicted octanol–water partition coefficient (Wildman–Crippen LogP) is 0.288. The summed E-state index contributed by atoms with van der Waals surface area (Å²) in [6, 6.07) is 0. The van der Waals surface area contributed by atoms with E-state index in [9.17, 15) is 4.79 Å². The molecule has 0 aliphatic rings.